The molecule has 0 saturated carbocycles. The van der Waals surface area contributed by atoms with Crippen molar-refractivity contribution in [3.63, 3.8) is 0 Å². The number of aromatic nitrogens is 2. The summed E-state index contributed by atoms with van der Waals surface area (Å²) >= 11 is 0. The highest BCUT2D eigenvalue weighted by molar-refractivity contribution is 5.79. The molecular weight excluding hydrogens is 232 g/mol. The van der Waals surface area contributed by atoms with E-state index in [0.29, 0.717) is 0 Å². The van der Waals surface area contributed by atoms with Crippen LogP contribution in [0.15, 0.2) is 67.0 Å². The Morgan fingerprint density at radius 2 is 1.42 bits per heavy atom. The van der Waals surface area contributed by atoms with Gasteiger partial charge in [0.15, 0.2) is 0 Å². The largest absolute Gasteiger partial charge is 0.257 e. The Labute approximate surface area is 112 Å². The summed E-state index contributed by atoms with van der Waals surface area (Å²) in [5.74, 6) is 0. The summed E-state index contributed by atoms with van der Waals surface area (Å²) in [7, 11) is 0. The van der Waals surface area contributed by atoms with Crippen molar-refractivity contribution >= 4 is 0 Å². The Morgan fingerprint density at radius 1 is 0.842 bits per heavy atom. The maximum atomic E-state index is 5.55. The van der Waals surface area contributed by atoms with Crippen LogP contribution >= 0.6 is 0 Å². The predicted octanol–water partition coefficient (Wildman–Crippen LogP) is 3.66. The van der Waals surface area contributed by atoms with E-state index in [-0.39, 0.29) is 0 Å². The lowest BCUT2D eigenvalue weighted by Crippen LogP contribution is -1.91. The fraction of sp³-hybridized carbons (Fsp3) is 0. The number of terminal acetylenes is 1. The molecule has 2 aromatic carbocycles. The Bertz CT molecular complexity index is 719. The van der Waals surface area contributed by atoms with E-state index in [1.165, 1.54) is 0 Å². The molecule has 0 N–H and O–H groups in total. The first-order chi connectivity index (χ1) is 9.40. The van der Waals surface area contributed by atoms with E-state index < -0.39 is 0 Å². The minimum Gasteiger partial charge on any atom is -0.257 e. The van der Waals surface area contributed by atoms with Crippen LogP contribution < -0.4 is 0 Å². The van der Waals surface area contributed by atoms with Gasteiger partial charge in [-0.3, -0.25) is 4.57 Å². The molecule has 0 spiro atoms. The molecule has 0 fully saturated rings. The Balaban J connectivity index is 2.24. The summed E-state index contributed by atoms with van der Waals surface area (Å²) in [6.45, 7) is 0. The van der Waals surface area contributed by atoms with Crippen molar-refractivity contribution in [2.24, 2.45) is 0 Å². The van der Waals surface area contributed by atoms with E-state index in [1.807, 2.05) is 60.7 Å². The summed E-state index contributed by atoms with van der Waals surface area (Å²) < 4.78 is 1.72. The summed E-state index contributed by atoms with van der Waals surface area (Å²) in [4.78, 5) is 4.45. The van der Waals surface area contributed by atoms with Gasteiger partial charge in [-0.05, 0) is 0 Å². The third-order valence-electron chi connectivity index (χ3n) is 3.00. The molecule has 90 valence electrons. The van der Waals surface area contributed by atoms with Gasteiger partial charge in [0.25, 0.3) is 0 Å². The Hall–Kier alpha value is -2.79. The van der Waals surface area contributed by atoms with Crippen LogP contribution in [0.25, 0.3) is 22.5 Å². The van der Waals surface area contributed by atoms with Gasteiger partial charge in [0.05, 0.1) is 11.4 Å². The van der Waals surface area contributed by atoms with Crippen molar-refractivity contribution in [3.05, 3.63) is 67.0 Å². The molecule has 0 atom stereocenters. The quantitative estimate of drug-likeness (QED) is 0.629. The molecule has 2 nitrogen and oxygen atoms in total. The van der Waals surface area contributed by atoms with Crippen LogP contribution in [0.3, 0.4) is 0 Å². The second-order valence-corrected chi connectivity index (χ2v) is 4.17. The van der Waals surface area contributed by atoms with Crippen molar-refractivity contribution in [1.82, 2.24) is 9.55 Å². The third kappa shape index (κ3) is 2.02. The zero-order valence-electron chi connectivity index (χ0n) is 10.3. The summed E-state index contributed by atoms with van der Waals surface area (Å²) in [5, 5.41) is 0. The lowest BCUT2D eigenvalue weighted by molar-refractivity contribution is 1.12. The minimum atomic E-state index is 0.907. The molecule has 0 amide bonds. The Kier molecular flexibility index (Phi) is 2.88. The van der Waals surface area contributed by atoms with Crippen LogP contribution in [0.2, 0.25) is 0 Å². The normalized spacial score (nSPS) is 10.1. The molecule has 3 aromatic rings. The summed E-state index contributed by atoms with van der Waals surface area (Å²) in [6.07, 6.45) is 7.24. The lowest BCUT2D eigenvalue weighted by Gasteiger charge is -2.05. The highest BCUT2D eigenvalue weighted by Crippen LogP contribution is 2.30. The van der Waals surface area contributed by atoms with Gasteiger partial charge in [0, 0.05) is 17.2 Å². The van der Waals surface area contributed by atoms with E-state index in [4.69, 9.17) is 6.42 Å². The van der Waals surface area contributed by atoms with Crippen LogP contribution in [0.1, 0.15) is 0 Å². The minimum absolute atomic E-state index is 0.907. The van der Waals surface area contributed by atoms with Crippen molar-refractivity contribution in [2.75, 3.05) is 0 Å². The van der Waals surface area contributed by atoms with Gasteiger partial charge in [0.2, 0.25) is 0 Å². The first-order valence-electron chi connectivity index (χ1n) is 6.05. The Morgan fingerprint density at radius 3 is 2.00 bits per heavy atom. The number of benzene rings is 2. The molecule has 0 unspecified atom stereocenters. The highest BCUT2D eigenvalue weighted by atomic mass is 15.0. The van der Waals surface area contributed by atoms with Gasteiger partial charge in [0.1, 0.15) is 6.33 Å². The average molecular weight is 244 g/mol. The maximum Gasteiger partial charge on any atom is 0.108 e. The monoisotopic (exact) mass is 244 g/mol. The lowest BCUT2D eigenvalue weighted by atomic mass is 10.0. The second kappa shape index (κ2) is 4.83. The standard InChI is InChI=1S/C17H12N2/c1-2-19-13-18-16(14-9-5-3-6-10-14)17(19)15-11-7-4-8-12-15/h1,3-13H. The summed E-state index contributed by atoms with van der Waals surface area (Å²) in [6, 6.07) is 22.8. The molecule has 0 aliphatic rings. The molecule has 0 aliphatic heterocycles. The van der Waals surface area contributed by atoms with E-state index in [1.54, 1.807) is 10.9 Å². The average Bonchev–Trinajstić information content (AvgIpc) is 2.93. The van der Waals surface area contributed by atoms with Crippen LogP contribution in [-0.2, 0) is 0 Å². The molecule has 0 bridgehead atoms. The smallest absolute Gasteiger partial charge is 0.108 e. The SMILES string of the molecule is C#Cn1cnc(-c2ccccc2)c1-c1ccccc1. The molecule has 0 aliphatic carbocycles. The second-order valence-electron chi connectivity index (χ2n) is 4.17. The van der Waals surface area contributed by atoms with Crippen molar-refractivity contribution in [1.29, 1.82) is 0 Å². The zero-order valence-corrected chi connectivity index (χ0v) is 10.3. The number of rotatable bonds is 2. The van der Waals surface area contributed by atoms with E-state index in [9.17, 15) is 0 Å². The fourth-order valence-electron chi connectivity index (χ4n) is 2.13. The van der Waals surface area contributed by atoms with Gasteiger partial charge in [-0.15, -0.1) is 0 Å². The van der Waals surface area contributed by atoms with E-state index >= 15 is 0 Å². The van der Waals surface area contributed by atoms with Gasteiger partial charge < -0.3 is 0 Å². The van der Waals surface area contributed by atoms with E-state index in [2.05, 4.69) is 11.0 Å². The van der Waals surface area contributed by atoms with Gasteiger partial charge >= 0.3 is 0 Å². The molecule has 0 saturated heterocycles. The molecule has 2 heteroatoms. The molecule has 0 radical (unpaired) electrons. The molecule has 1 aromatic heterocycles. The molecule has 1 heterocycles. The predicted molar refractivity (Wildman–Crippen MR) is 77.3 cm³/mol. The summed E-state index contributed by atoms with van der Waals surface area (Å²) in [5.41, 5.74) is 3.99. The first-order valence-corrected chi connectivity index (χ1v) is 6.05. The number of hydrogen-bond acceptors (Lipinski definition) is 1. The van der Waals surface area contributed by atoms with Crippen molar-refractivity contribution in [3.8, 4) is 35.0 Å². The van der Waals surface area contributed by atoms with Crippen LogP contribution in [0.4, 0.5) is 0 Å². The first kappa shape index (κ1) is 11.3. The number of hydrogen-bond donors (Lipinski definition) is 0. The van der Waals surface area contributed by atoms with Crippen LogP contribution in [0.5, 0.6) is 0 Å². The highest BCUT2D eigenvalue weighted by Gasteiger charge is 2.13. The maximum absolute atomic E-state index is 5.55. The van der Waals surface area contributed by atoms with Crippen molar-refractivity contribution < 1.29 is 0 Å². The van der Waals surface area contributed by atoms with Crippen LogP contribution in [-0.4, -0.2) is 9.55 Å². The van der Waals surface area contributed by atoms with Gasteiger partial charge in [-0.1, -0.05) is 67.1 Å². The molecule has 3 rings (SSSR count). The molecular formula is C17H12N2. The number of imidazole rings is 1. The number of nitrogens with zero attached hydrogens (tertiary/aromatic N) is 2. The zero-order chi connectivity index (χ0) is 13.1. The topological polar surface area (TPSA) is 17.8 Å². The van der Waals surface area contributed by atoms with Crippen molar-refractivity contribution in [2.45, 2.75) is 0 Å². The van der Waals surface area contributed by atoms with Gasteiger partial charge in [-0.2, -0.15) is 0 Å². The fourth-order valence-corrected chi connectivity index (χ4v) is 2.13. The third-order valence-corrected chi connectivity index (χ3v) is 3.00. The molecule has 19 heavy (non-hydrogen) atoms. The van der Waals surface area contributed by atoms with Gasteiger partial charge in [-0.25, -0.2) is 4.98 Å². The van der Waals surface area contributed by atoms with Crippen LogP contribution in [0, 0.1) is 12.5 Å². The van der Waals surface area contributed by atoms with E-state index in [0.717, 1.165) is 22.5 Å².